The van der Waals surface area contributed by atoms with Gasteiger partial charge >= 0.3 is 6.09 Å². The number of nitrogens with zero attached hydrogens (tertiary/aromatic N) is 2. The van der Waals surface area contributed by atoms with Crippen LogP contribution in [0.15, 0.2) is 0 Å². The molecule has 0 spiro atoms. The molecule has 0 N–H and O–H groups in total. The van der Waals surface area contributed by atoms with E-state index in [0.717, 1.165) is 12.8 Å². The van der Waals surface area contributed by atoms with Crippen LogP contribution in [0.1, 0.15) is 25.7 Å². The Hall–Kier alpha value is -0.770. The van der Waals surface area contributed by atoms with Gasteiger partial charge in [0.25, 0.3) is 0 Å². The lowest BCUT2D eigenvalue weighted by molar-refractivity contribution is 0.0167. The molecule has 0 aliphatic carbocycles. The standard InChI is InChI=1S/C11H20N2O2/c1-12(2)11(14)15-10-6-8-4-5-9(7-10)13(8)3/h8-10H,4-7H2,1-3H3/t8-,9+,10?. The number of amides is 1. The molecule has 4 heteroatoms. The van der Waals surface area contributed by atoms with Crippen LogP contribution in [0.4, 0.5) is 4.79 Å². The van der Waals surface area contributed by atoms with Gasteiger partial charge in [0.15, 0.2) is 0 Å². The summed E-state index contributed by atoms with van der Waals surface area (Å²) in [5.41, 5.74) is 0. The van der Waals surface area contributed by atoms with Crippen LogP contribution >= 0.6 is 0 Å². The topological polar surface area (TPSA) is 32.8 Å². The van der Waals surface area contributed by atoms with E-state index in [2.05, 4.69) is 11.9 Å². The number of rotatable bonds is 1. The highest BCUT2D eigenvalue weighted by Crippen LogP contribution is 2.35. The van der Waals surface area contributed by atoms with Crippen LogP contribution in [0.3, 0.4) is 0 Å². The maximum absolute atomic E-state index is 11.4. The molecule has 4 nitrogen and oxygen atoms in total. The maximum atomic E-state index is 11.4. The smallest absolute Gasteiger partial charge is 0.409 e. The lowest BCUT2D eigenvalue weighted by Crippen LogP contribution is -2.44. The van der Waals surface area contributed by atoms with E-state index >= 15 is 0 Å². The van der Waals surface area contributed by atoms with Crippen molar-refractivity contribution in [2.24, 2.45) is 0 Å². The minimum atomic E-state index is -0.205. The summed E-state index contributed by atoms with van der Waals surface area (Å²) in [5, 5.41) is 0. The van der Waals surface area contributed by atoms with Gasteiger partial charge < -0.3 is 14.5 Å². The zero-order valence-electron chi connectivity index (χ0n) is 9.77. The molecule has 0 radical (unpaired) electrons. The van der Waals surface area contributed by atoms with E-state index in [1.807, 2.05) is 0 Å². The Balaban J connectivity index is 1.89. The lowest BCUT2D eigenvalue weighted by Gasteiger charge is -2.36. The summed E-state index contributed by atoms with van der Waals surface area (Å²) >= 11 is 0. The van der Waals surface area contributed by atoms with E-state index < -0.39 is 0 Å². The summed E-state index contributed by atoms with van der Waals surface area (Å²) in [4.78, 5) is 15.4. The van der Waals surface area contributed by atoms with Crippen molar-refractivity contribution >= 4 is 6.09 Å². The summed E-state index contributed by atoms with van der Waals surface area (Å²) in [5.74, 6) is 0. The summed E-state index contributed by atoms with van der Waals surface area (Å²) < 4.78 is 5.44. The summed E-state index contributed by atoms with van der Waals surface area (Å²) in [6.07, 6.45) is 4.46. The Bertz CT molecular complexity index is 241. The van der Waals surface area contributed by atoms with E-state index in [1.165, 1.54) is 17.7 Å². The molecule has 86 valence electrons. The molecule has 2 rings (SSSR count). The molecule has 0 aromatic heterocycles. The van der Waals surface area contributed by atoms with Gasteiger partial charge in [-0.2, -0.15) is 0 Å². The van der Waals surface area contributed by atoms with E-state index in [1.54, 1.807) is 14.1 Å². The van der Waals surface area contributed by atoms with Crippen LogP contribution in [0.5, 0.6) is 0 Å². The number of hydrogen-bond acceptors (Lipinski definition) is 3. The lowest BCUT2D eigenvalue weighted by atomic mass is 10.0. The van der Waals surface area contributed by atoms with Crippen molar-refractivity contribution in [3.8, 4) is 0 Å². The fraction of sp³-hybridized carbons (Fsp3) is 0.909. The van der Waals surface area contributed by atoms with Gasteiger partial charge in [-0.05, 0) is 19.9 Å². The summed E-state index contributed by atoms with van der Waals surface area (Å²) in [7, 11) is 5.64. The molecule has 1 unspecified atom stereocenters. The van der Waals surface area contributed by atoms with Gasteiger partial charge in [-0.25, -0.2) is 4.79 Å². The van der Waals surface area contributed by atoms with Gasteiger partial charge in [-0.15, -0.1) is 0 Å². The second kappa shape index (κ2) is 4.00. The van der Waals surface area contributed by atoms with Gasteiger partial charge in [0, 0.05) is 39.0 Å². The van der Waals surface area contributed by atoms with Crippen molar-refractivity contribution in [1.82, 2.24) is 9.80 Å². The quantitative estimate of drug-likeness (QED) is 0.657. The number of carbonyl (C=O) groups is 1. The van der Waals surface area contributed by atoms with Crippen LogP contribution in [0.25, 0.3) is 0 Å². The minimum absolute atomic E-state index is 0.133. The fourth-order valence-corrected chi connectivity index (χ4v) is 2.71. The highest BCUT2D eigenvalue weighted by molar-refractivity contribution is 5.67. The van der Waals surface area contributed by atoms with Gasteiger partial charge in [0.05, 0.1) is 0 Å². The predicted octanol–water partition coefficient (Wildman–Crippen LogP) is 1.31. The van der Waals surface area contributed by atoms with Gasteiger partial charge in [0.1, 0.15) is 6.10 Å². The molecule has 2 aliphatic rings. The molecule has 2 heterocycles. The van der Waals surface area contributed by atoms with Gasteiger partial charge in [-0.3, -0.25) is 0 Å². The van der Waals surface area contributed by atoms with Crippen molar-refractivity contribution in [3.05, 3.63) is 0 Å². The number of carbonyl (C=O) groups excluding carboxylic acids is 1. The predicted molar refractivity (Wildman–Crippen MR) is 57.8 cm³/mol. The molecule has 2 saturated heterocycles. The second-order valence-corrected chi connectivity index (χ2v) is 4.92. The number of ether oxygens (including phenoxy) is 1. The second-order valence-electron chi connectivity index (χ2n) is 4.92. The molecule has 0 aromatic rings. The van der Waals surface area contributed by atoms with Crippen molar-refractivity contribution in [2.45, 2.75) is 43.9 Å². The SMILES string of the molecule is CN(C)C(=O)OC1C[C@H]2CC[C@@H](C1)N2C. The fourth-order valence-electron chi connectivity index (χ4n) is 2.71. The number of fused-ring (bicyclic) bond motifs is 2. The first kappa shape index (κ1) is 10.7. The van der Waals surface area contributed by atoms with Gasteiger partial charge in [-0.1, -0.05) is 0 Å². The largest absolute Gasteiger partial charge is 0.446 e. The molecular formula is C11H20N2O2. The third-order valence-corrected chi connectivity index (χ3v) is 3.69. The molecule has 2 aliphatic heterocycles. The van der Waals surface area contributed by atoms with Crippen LogP contribution in [0, 0.1) is 0 Å². The third-order valence-electron chi connectivity index (χ3n) is 3.69. The minimum Gasteiger partial charge on any atom is -0.446 e. The van der Waals surface area contributed by atoms with Crippen molar-refractivity contribution < 1.29 is 9.53 Å². The van der Waals surface area contributed by atoms with E-state index in [4.69, 9.17) is 4.74 Å². The molecule has 3 atom stereocenters. The average Bonchev–Trinajstić information content (AvgIpc) is 2.41. The van der Waals surface area contributed by atoms with Crippen molar-refractivity contribution in [3.63, 3.8) is 0 Å². The summed E-state index contributed by atoms with van der Waals surface area (Å²) in [6.45, 7) is 0. The Morgan fingerprint density at radius 1 is 1.27 bits per heavy atom. The monoisotopic (exact) mass is 212 g/mol. The maximum Gasteiger partial charge on any atom is 0.409 e. The van der Waals surface area contributed by atoms with E-state index in [0.29, 0.717) is 12.1 Å². The Labute approximate surface area is 91.2 Å². The first-order valence-electron chi connectivity index (χ1n) is 5.68. The molecule has 2 fully saturated rings. The zero-order valence-corrected chi connectivity index (χ0v) is 9.77. The van der Waals surface area contributed by atoms with Crippen LogP contribution in [0.2, 0.25) is 0 Å². The number of piperidine rings is 1. The zero-order chi connectivity index (χ0) is 11.0. The first-order valence-corrected chi connectivity index (χ1v) is 5.68. The van der Waals surface area contributed by atoms with Gasteiger partial charge in [0.2, 0.25) is 0 Å². The van der Waals surface area contributed by atoms with Crippen LogP contribution < -0.4 is 0 Å². The molecule has 0 aromatic carbocycles. The number of hydrogen-bond donors (Lipinski definition) is 0. The Morgan fingerprint density at radius 3 is 2.27 bits per heavy atom. The molecule has 2 bridgehead atoms. The van der Waals surface area contributed by atoms with E-state index in [-0.39, 0.29) is 12.2 Å². The Morgan fingerprint density at radius 2 is 1.80 bits per heavy atom. The van der Waals surface area contributed by atoms with Crippen molar-refractivity contribution in [1.29, 1.82) is 0 Å². The van der Waals surface area contributed by atoms with Crippen LogP contribution in [-0.2, 0) is 4.74 Å². The van der Waals surface area contributed by atoms with E-state index in [9.17, 15) is 4.79 Å². The average molecular weight is 212 g/mol. The third kappa shape index (κ3) is 2.09. The highest BCUT2D eigenvalue weighted by atomic mass is 16.6. The van der Waals surface area contributed by atoms with Crippen LogP contribution in [-0.4, -0.2) is 55.2 Å². The first-order chi connectivity index (χ1) is 7.08. The molecule has 0 saturated carbocycles. The van der Waals surface area contributed by atoms with Crippen molar-refractivity contribution in [2.75, 3.05) is 21.1 Å². The highest BCUT2D eigenvalue weighted by Gasteiger charge is 2.39. The molecular weight excluding hydrogens is 192 g/mol. The Kier molecular flexibility index (Phi) is 2.87. The summed E-state index contributed by atoms with van der Waals surface area (Å²) in [6, 6.07) is 1.26. The normalized spacial score (nSPS) is 35.3. The molecule has 1 amide bonds. The molecule has 15 heavy (non-hydrogen) atoms.